The second-order valence-corrected chi connectivity index (χ2v) is 5.59. The molecule has 108 valence electrons. The minimum Gasteiger partial charge on any atom is -0.480 e. The van der Waals surface area contributed by atoms with Crippen LogP contribution in [0.25, 0.3) is 0 Å². The van der Waals surface area contributed by atoms with E-state index in [0.717, 1.165) is 25.9 Å². The van der Waals surface area contributed by atoms with Crippen molar-refractivity contribution in [1.29, 1.82) is 0 Å². The van der Waals surface area contributed by atoms with Crippen molar-refractivity contribution in [1.82, 2.24) is 10.2 Å². The van der Waals surface area contributed by atoms with Crippen LogP contribution in [0.1, 0.15) is 26.2 Å². The highest BCUT2D eigenvalue weighted by Crippen LogP contribution is 2.26. The summed E-state index contributed by atoms with van der Waals surface area (Å²) in [5.74, 6) is -1.39. The number of nitrogens with zero attached hydrogens (tertiary/aromatic N) is 1. The van der Waals surface area contributed by atoms with Crippen molar-refractivity contribution < 1.29 is 19.4 Å². The highest BCUT2D eigenvalue weighted by atomic mass is 16.5. The van der Waals surface area contributed by atoms with Gasteiger partial charge >= 0.3 is 5.97 Å². The molecule has 1 aliphatic heterocycles. The van der Waals surface area contributed by atoms with Crippen molar-refractivity contribution in [3.63, 3.8) is 0 Å². The summed E-state index contributed by atoms with van der Waals surface area (Å²) in [5.41, 5.74) is -1.33. The van der Waals surface area contributed by atoms with Crippen LogP contribution in [0.15, 0.2) is 0 Å². The van der Waals surface area contributed by atoms with Crippen molar-refractivity contribution in [2.75, 3.05) is 32.8 Å². The smallest absolute Gasteiger partial charge is 0.318 e. The van der Waals surface area contributed by atoms with E-state index in [1.54, 1.807) is 0 Å². The van der Waals surface area contributed by atoms with E-state index in [4.69, 9.17) is 4.74 Å². The molecule has 0 radical (unpaired) electrons. The third-order valence-electron chi connectivity index (χ3n) is 3.92. The molecule has 19 heavy (non-hydrogen) atoms. The molecule has 1 unspecified atom stereocenters. The predicted molar refractivity (Wildman–Crippen MR) is 68.8 cm³/mol. The Morgan fingerprint density at radius 1 is 1.37 bits per heavy atom. The number of carbonyl (C=O) groups excluding carboxylic acids is 1. The summed E-state index contributed by atoms with van der Waals surface area (Å²) in [6.07, 6.45) is 2.26. The van der Waals surface area contributed by atoms with Gasteiger partial charge in [0.2, 0.25) is 5.91 Å². The summed E-state index contributed by atoms with van der Waals surface area (Å²) in [6.45, 7) is 5.10. The number of carbonyl (C=O) groups is 2. The van der Waals surface area contributed by atoms with E-state index >= 15 is 0 Å². The lowest BCUT2D eigenvalue weighted by Gasteiger charge is -2.30. The molecule has 1 amide bonds. The molecule has 0 aromatic heterocycles. The number of nitrogens with one attached hydrogen (secondary N) is 1. The van der Waals surface area contributed by atoms with E-state index in [2.05, 4.69) is 10.2 Å². The van der Waals surface area contributed by atoms with Gasteiger partial charge in [-0.05, 0) is 32.7 Å². The third kappa shape index (κ3) is 3.67. The number of carboxylic acid groups (broad SMARTS) is 1. The van der Waals surface area contributed by atoms with Gasteiger partial charge in [0, 0.05) is 19.1 Å². The van der Waals surface area contributed by atoms with Crippen LogP contribution < -0.4 is 5.32 Å². The summed E-state index contributed by atoms with van der Waals surface area (Å²) in [4.78, 5) is 25.7. The fourth-order valence-electron chi connectivity index (χ4n) is 2.10. The molecule has 6 heteroatoms. The van der Waals surface area contributed by atoms with Gasteiger partial charge in [-0.3, -0.25) is 14.5 Å². The van der Waals surface area contributed by atoms with Crippen molar-refractivity contribution in [3.05, 3.63) is 0 Å². The molecule has 2 aliphatic rings. The van der Waals surface area contributed by atoms with Crippen molar-refractivity contribution in [2.24, 2.45) is 5.41 Å². The summed E-state index contributed by atoms with van der Waals surface area (Å²) in [5, 5.41) is 12.2. The standard InChI is InChI=1S/C13H22N2O4/c1-13(12(17)18,11(16)14-10-2-3-10)4-5-15-6-8-19-9-7-15/h10H,2-9H2,1H3,(H,14,16)(H,17,18). The molecule has 1 saturated carbocycles. The molecule has 0 spiro atoms. The number of rotatable bonds is 6. The molecule has 2 N–H and O–H groups in total. The number of hydrogen-bond donors (Lipinski definition) is 2. The zero-order valence-corrected chi connectivity index (χ0v) is 11.4. The van der Waals surface area contributed by atoms with Crippen molar-refractivity contribution in [3.8, 4) is 0 Å². The maximum absolute atomic E-state index is 12.1. The first-order chi connectivity index (χ1) is 9.02. The molecule has 6 nitrogen and oxygen atoms in total. The van der Waals surface area contributed by atoms with Crippen LogP contribution in [0.5, 0.6) is 0 Å². The SMILES string of the molecule is CC(CCN1CCOCC1)(C(=O)O)C(=O)NC1CC1. The summed E-state index contributed by atoms with van der Waals surface area (Å²) in [6, 6.07) is 0.189. The minimum atomic E-state index is -1.33. The Labute approximate surface area is 113 Å². The van der Waals surface area contributed by atoms with Crippen LogP contribution in [0.3, 0.4) is 0 Å². The molecule has 1 aliphatic carbocycles. The Balaban J connectivity index is 1.89. The van der Waals surface area contributed by atoms with E-state index in [9.17, 15) is 14.7 Å². The van der Waals surface area contributed by atoms with E-state index in [1.807, 2.05) is 0 Å². The monoisotopic (exact) mass is 270 g/mol. The predicted octanol–water partition coefficient (Wildman–Crippen LogP) is 0.0782. The molecular formula is C13H22N2O4. The number of ether oxygens (including phenoxy) is 1. The van der Waals surface area contributed by atoms with Crippen LogP contribution in [0.2, 0.25) is 0 Å². The maximum atomic E-state index is 12.1. The third-order valence-corrected chi connectivity index (χ3v) is 3.92. The van der Waals surface area contributed by atoms with Gasteiger partial charge in [-0.2, -0.15) is 0 Å². The fourth-order valence-corrected chi connectivity index (χ4v) is 2.10. The molecule has 2 rings (SSSR count). The average Bonchev–Trinajstić information content (AvgIpc) is 3.20. The molecule has 1 saturated heterocycles. The van der Waals surface area contributed by atoms with E-state index in [0.29, 0.717) is 26.2 Å². The number of aliphatic carboxylic acids is 1. The molecule has 0 aromatic rings. The molecule has 2 fully saturated rings. The fraction of sp³-hybridized carbons (Fsp3) is 0.846. The Bertz CT molecular complexity index is 351. The largest absolute Gasteiger partial charge is 0.480 e. The number of morpholine rings is 1. The van der Waals surface area contributed by atoms with Crippen LogP contribution in [0.4, 0.5) is 0 Å². The summed E-state index contributed by atoms with van der Waals surface area (Å²) in [7, 11) is 0. The first-order valence-electron chi connectivity index (χ1n) is 6.87. The quantitative estimate of drug-likeness (QED) is 0.668. The van der Waals surface area contributed by atoms with Gasteiger partial charge in [0.1, 0.15) is 5.41 Å². The number of carboxylic acids is 1. The molecule has 0 bridgehead atoms. The lowest BCUT2D eigenvalue weighted by Crippen LogP contribution is -2.48. The van der Waals surface area contributed by atoms with E-state index in [1.165, 1.54) is 6.92 Å². The molecular weight excluding hydrogens is 248 g/mol. The first-order valence-corrected chi connectivity index (χ1v) is 6.87. The maximum Gasteiger partial charge on any atom is 0.318 e. The Hall–Kier alpha value is -1.14. The second kappa shape index (κ2) is 5.88. The summed E-state index contributed by atoms with van der Waals surface area (Å²) >= 11 is 0. The minimum absolute atomic E-state index is 0.189. The van der Waals surface area contributed by atoms with Gasteiger partial charge in [-0.15, -0.1) is 0 Å². The highest BCUT2D eigenvalue weighted by Gasteiger charge is 2.43. The van der Waals surface area contributed by atoms with E-state index < -0.39 is 11.4 Å². The van der Waals surface area contributed by atoms with Gasteiger partial charge in [0.25, 0.3) is 0 Å². The van der Waals surface area contributed by atoms with Gasteiger partial charge in [-0.1, -0.05) is 0 Å². The summed E-state index contributed by atoms with van der Waals surface area (Å²) < 4.78 is 5.25. The topological polar surface area (TPSA) is 78.9 Å². The first kappa shape index (κ1) is 14.3. The number of amides is 1. The van der Waals surface area contributed by atoms with Crippen LogP contribution in [-0.2, 0) is 14.3 Å². The molecule has 1 heterocycles. The Kier molecular flexibility index (Phi) is 4.42. The average molecular weight is 270 g/mol. The van der Waals surface area contributed by atoms with Crippen molar-refractivity contribution >= 4 is 11.9 Å². The zero-order valence-electron chi connectivity index (χ0n) is 11.4. The van der Waals surface area contributed by atoms with Gasteiger partial charge in [0.05, 0.1) is 13.2 Å². The van der Waals surface area contributed by atoms with Crippen LogP contribution in [0, 0.1) is 5.41 Å². The van der Waals surface area contributed by atoms with Crippen LogP contribution in [-0.4, -0.2) is 60.8 Å². The van der Waals surface area contributed by atoms with Crippen LogP contribution >= 0.6 is 0 Å². The zero-order chi connectivity index (χ0) is 13.9. The number of hydrogen-bond acceptors (Lipinski definition) is 4. The lowest BCUT2D eigenvalue weighted by atomic mass is 9.85. The Morgan fingerprint density at radius 3 is 2.53 bits per heavy atom. The highest BCUT2D eigenvalue weighted by molar-refractivity contribution is 6.01. The normalized spacial score (nSPS) is 23.6. The molecule has 0 aromatic carbocycles. The Morgan fingerprint density at radius 2 is 2.00 bits per heavy atom. The van der Waals surface area contributed by atoms with E-state index in [-0.39, 0.29) is 11.9 Å². The van der Waals surface area contributed by atoms with Gasteiger partial charge < -0.3 is 15.2 Å². The van der Waals surface area contributed by atoms with Crippen molar-refractivity contribution in [2.45, 2.75) is 32.2 Å². The van der Waals surface area contributed by atoms with Gasteiger partial charge in [-0.25, -0.2) is 0 Å². The second-order valence-electron chi connectivity index (χ2n) is 5.59. The molecule has 1 atom stereocenters. The lowest BCUT2D eigenvalue weighted by molar-refractivity contribution is -0.155. The van der Waals surface area contributed by atoms with Gasteiger partial charge in [0.15, 0.2) is 0 Å².